The molecule has 2 atom stereocenters. The molecule has 0 saturated carbocycles. The topological polar surface area (TPSA) is 67.8 Å². The van der Waals surface area contributed by atoms with Crippen LogP contribution in [0.15, 0.2) is 42.5 Å². The van der Waals surface area contributed by atoms with Gasteiger partial charge in [-0.25, -0.2) is 4.79 Å². The average Bonchev–Trinajstić information content (AvgIpc) is 2.88. The zero-order valence-electron chi connectivity index (χ0n) is 14.0. The van der Waals surface area contributed by atoms with Crippen LogP contribution >= 0.6 is 23.2 Å². The molecule has 1 aliphatic heterocycles. The Bertz CT molecular complexity index is 784. The number of carboxylic acid groups (broad SMARTS) is 1. The number of aromatic carboxylic acids is 1. The van der Waals surface area contributed by atoms with Crippen LogP contribution in [0, 0.1) is 5.92 Å². The van der Waals surface area contributed by atoms with Crippen molar-refractivity contribution in [3.63, 3.8) is 0 Å². The number of rotatable bonds is 5. The summed E-state index contributed by atoms with van der Waals surface area (Å²) in [7, 11) is 0. The summed E-state index contributed by atoms with van der Waals surface area (Å²) in [5, 5.41) is 13.4. The predicted molar refractivity (Wildman–Crippen MR) is 100 cm³/mol. The maximum absolute atomic E-state index is 11.1. The molecule has 7 heteroatoms. The van der Waals surface area contributed by atoms with Gasteiger partial charge >= 0.3 is 5.97 Å². The molecular weight excluding hydrogens is 377 g/mol. The fourth-order valence-electron chi connectivity index (χ4n) is 2.91. The van der Waals surface area contributed by atoms with Gasteiger partial charge in [-0.05, 0) is 35.9 Å². The van der Waals surface area contributed by atoms with Crippen LogP contribution in [-0.4, -0.2) is 37.4 Å². The summed E-state index contributed by atoms with van der Waals surface area (Å²) in [5.41, 5.74) is 1.13. The average molecular weight is 396 g/mol. The van der Waals surface area contributed by atoms with Gasteiger partial charge in [-0.2, -0.15) is 0 Å². The summed E-state index contributed by atoms with van der Waals surface area (Å²) in [6.45, 7) is 2.42. The molecule has 0 bridgehead atoms. The maximum Gasteiger partial charge on any atom is 0.335 e. The van der Waals surface area contributed by atoms with E-state index in [9.17, 15) is 4.79 Å². The molecule has 0 aliphatic carbocycles. The van der Waals surface area contributed by atoms with Gasteiger partial charge in [0.05, 0.1) is 34.9 Å². The third-order valence-corrected chi connectivity index (χ3v) is 4.97. The Morgan fingerprint density at radius 1 is 1.23 bits per heavy atom. The van der Waals surface area contributed by atoms with Gasteiger partial charge < -0.3 is 19.9 Å². The van der Waals surface area contributed by atoms with Crippen molar-refractivity contribution < 1.29 is 19.4 Å². The first kappa shape index (κ1) is 19.0. The predicted octanol–water partition coefficient (Wildman–Crippen LogP) is 4.05. The number of nitrogens with one attached hydrogen (secondary N) is 1. The lowest BCUT2D eigenvalue weighted by Crippen LogP contribution is -2.29. The quantitative estimate of drug-likeness (QED) is 0.798. The Labute approximate surface area is 161 Å². The molecular formula is C19H19Cl2NO4. The zero-order valence-corrected chi connectivity index (χ0v) is 15.5. The van der Waals surface area contributed by atoms with E-state index in [4.69, 9.17) is 37.8 Å². The molecule has 0 aromatic heterocycles. The molecule has 2 aromatic carbocycles. The van der Waals surface area contributed by atoms with Crippen LogP contribution in [0.5, 0.6) is 5.75 Å². The third-order valence-electron chi connectivity index (χ3n) is 4.23. The Morgan fingerprint density at radius 2 is 2.08 bits per heavy atom. The van der Waals surface area contributed by atoms with Gasteiger partial charge in [0.25, 0.3) is 0 Å². The molecule has 2 aromatic rings. The van der Waals surface area contributed by atoms with E-state index in [2.05, 4.69) is 5.32 Å². The van der Waals surface area contributed by atoms with E-state index in [0.29, 0.717) is 35.6 Å². The highest BCUT2D eigenvalue weighted by atomic mass is 35.5. The molecule has 1 heterocycles. The number of ether oxygens (including phenoxy) is 2. The second-order valence-electron chi connectivity index (χ2n) is 6.07. The van der Waals surface area contributed by atoms with E-state index in [0.717, 1.165) is 12.1 Å². The van der Waals surface area contributed by atoms with Crippen LogP contribution in [-0.2, 0) is 4.74 Å². The molecule has 1 fully saturated rings. The Morgan fingerprint density at radius 3 is 2.85 bits per heavy atom. The number of carboxylic acids is 1. The number of carbonyl (C=O) groups is 1. The minimum Gasteiger partial charge on any atom is -0.493 e. The van der Waals surface area contributed by atoms with Gasteiger partial charge in [0.1, 0.15) is 5.75 Å². The fraction of sp³-hybridized carbons (Fsp3) is 0.316. The van der Waals surface area contributed by atoms with E-state index >= 15 is 0 Å². The van der Waals surface area contributed by atoms with Gasteiger partial charge in [0.15, 0.2) is 0 Å². The van der Waals surface area contributed by atoms with Crippen molar-refractivity contribution in [3.05, 3.63) is 63.6 Å². The van der Waals surface area contributed by atoms with Crippen molar-refractivity contribution in [1.82, 2.24) is 5.32 Å². The third kappa shape index (κ3) is 4.68. The van der Waals surface area contributed by atoms with Gasteiger partial charge in [0.2, 0.25) is 0 Å². The lowest BCUT2D eigenvalue weighted by atomic mass is 9.96. The molecule has 0 amide bonds. The highest BCUT2D eigenvalue weighted by molar-refractivity contribution is 6.42. The van der Waals surface area contributed by atoms with E-state index in [-0.39, 0.29) is 17.6 Å². The molecule has 5 nitrogen and oxygen atoms in total. The van der Waals surface area contributed by atoms with Crippen molar-refractivity contribution in [2.24, 2.45) is 5.92 Å². The summed E-state index contributed by atoms with van der Waals surface area (Å²) in [4.78, 5) is 11.1. The molecule has 0 radical (unpaired) electrons. The van der Waals surface area contributed by atoms with Crippen LogP contribution in [0.2, 0.25) is 10.0 Å². The molecule has 3 rings (SSSR count). The fourth-order valence-corrected chi connectivity index (χ4v) is 3.22. The number of halogens is 2. The summed E-state index contributed by atoms with van der Waals surface area (Å²) in [6.07, 6.45) is -0.192. The first-order chi connectivity index (χ1) is 12.5. The normalized spacial score (nSPS) is 20.4. The molecule has 1 aliphatic rings. The summed E-state index contributed by atoms with van der Waals surface area (Å²) < 4.78 is 11.9. The van der Waals surface area contributed by atoms with E-state index in [1.807, 2.05) is 12.1 Å². The van der Waals surface area contributed by atoms with Gasteiger partial charge in [0, 0.05) is 19.0 Å². The van der Waals surface area contributed by atoms with E-state index in [1.165, 1.54) is 12.1 Å². The van der Waals surface area contributed by atoms with Gasteiger partial charge in [-0.3, -0.25) is 0 Å². The van der Waals surface area contributed by atoms with Gasteiger partial charge in [-0.15, -0.1) is 0 Å². The lowest BCUT2D eigenvalue weighted by Gasteiger charge is -2.25. The van der Waals surface area contributed by atoms with Crippen LogP contribution in [0.1, 0.15) is 22.0 Å². The molecule has 26 heavy (non-hydrogen) atoms. The van der Waals surface area contributed by atoms with E-state index in [1.54, 1.807) is 18.2 Å². The first-order valence-corrected chi connectivity index (χ1v) is 9.03. The molecule has 138 valence electrons. The summed E-state index contributed by atoms with van der Waals surface area (Å²) in [6, 6.07) is 11.9. The lowest BCUT2D eigenvalue weighted by molar-refractivity contribution is 0.0153. The number of hydrogen-bond donors (Lipinski definition) is 2. The second kappa shape index (κ2) is 8.73. The second-order valence-corrected chi connectivity index (χ2v) is 6.89. The highest BCUT2D eigenvalue weighted by Gasteiger charge is 2.27. The van der Waals surface area contributed by atoms with Crippen molar-refractivity contribution in [2.75, 3.05) is 26.3 Å². The van der Waals surface area contributed by atoms with Crippen molar-refractivity contribution in [3.8, 4) is 5.75 Å². The maximum atomic E-state index is 11.1. The molecule has 0 spiro atoms. The first-order valence-electron chi connectivity index (χ1n) is 8.28. The Balaban J connectivity index is 1.75. The zero-order chi connectivity index (χ0) is 18.5. The molecule has 1 saturated heterocycles. The monoisotopic (exact) mass is 395 g/mol. The van der Waals surface area contributed by atoms with Crippen LogP contribution < -0.4 is 10.1 Å². The minimum atomic E-state index is -0.983. The SMILES string of the molecule is O=C(O)c1cccc(OC[C@H]2CNCCO[C@H]2c2ccc(Cl)c(Cl)c2)c1. The van der Waals surface area contributed by atoms with Crippen LogP contribution in [0.4, 0.5) is 0 Å². The van der Waals surface area contributed by atoms with Crippen LogP contribution in [0.25, 0.3) is 0 Å². The minimum absolute atomic E-state index is 0.0308. The van der Waals surface area contributed by atoms with Gasteiger partial charge in [-0.1, -0.05) is 35.3 Å². The molecule has 2 N–H and O–H groups in total. The molecule has 0 unspecified atom stereocenters. The standard InChI is InChI=1S/C19H19Cl2NO4/c20-16-5-4-12(9-17(16)21)18-14(10-22-6-7-25-18)11-26-15-3-1-2-13(8-15)19(23)24/h1-5,8-9,14,18,22H,6-7,10-11H2,(H,23,24)/t14-,18+/m1/s1. The smallest absolute Gasteiger partial charge is 0.335 e. The van der Waals surface area contributed by atoms with E-state index < -0.39 is 5.97 Å². The van der Waals surface area contributed by atoms with Crippen molar-refractivity contribution in [2.45, 2.75) is 6.10 Å². The Hall–Kier alpha value is -1.79. The Kier molecular flexibility index (Phi) is 6.38. The summed E-state index contributed by atoms with van der Waals surface area (Å²) >= 11 is 12.2. The summed E-state index contributed by atoms with van der Waals surface area (Å²) in [5.74, 6) is -0.436. The number of hydrogen-bond acceptors (Lipinski definition) is 4. The van der Waals surface area contributed by atoms with Crippen molar-refractivity contribution >= 4 is 29.2 Å². The number of benzene rings is 2. The largest absolute Gasteiger partial charge is 0.493 e. The highest BCUT2D eigenvalue weighted by Crippen LogP contribution is 2.32. The van der Waals surface area contributed by atoms with Crippen LogP contribution in [0.3, 0.4) is 0 Å². The van der Waals surface area contributed by atoms with Crippen molar-refractivity contribution in [1.29, 1.82) is 0 Å².